The van der Waals surface area contributed by atoms with Crippen LogP contribution >= 0.6 is 11.8 Å². The van der Waals surface area contributed by atoms with E-state index in [0.29, 0.717) is 11.8 Å². The van der Waals surface area contributed by atoms with Crippen LogP contribution < -0.4 is 5.32 Å². The van der Waals surface area contributed by atoms with E-state index in [-0.39, 0.29) is 22.9 Å². The van der Waals surface area contributed by atoms with Gasteiger partial charge < -0.3 is 10.4 Å². The lowest BCUT2D eigenvalue weighted by Gasteiger charge is -2.26. The average Bonchev–Trinajstić information content (AvgIpc) is 2.53. The Morgan fingerprint density at radius 3 is 2.64 bits per heavy atom. The molecule has 6 heteroatoms. The number of halogens is 2. The zero-order valence-corrected chi connectivity index (χ0v) is 13.1. The number of amides is 1. The topological polar surface area (TPSA) is 49.3 Å². The molecule has 122 valence electrons. The van der Waals surface area contributed by atoms with Crippen molar-refractivity contribution in [3.05, 3.63) is 29.8 Å². The molecule has 1 aromatic rings. The number of hydrogen-bond donors (Lipinski definition) is 2. The first-order valence-corrected chi connectivity index (χ1v) is 8.46. The Kier molecular flexibility index (Phi) is 6.64. The molecule has 0 aliphatic heterocycles. The second-order valence-corrected chi connectivity index (χ2v) is 6.58. The molecule has 1 aromatic carbocycles. The van der Waals surface area contributed by atoms with E-state index in [4.69, 9.17) is 0 Å². The number of aliphatic hydroxyl groups is 1. The third-order valence-electron chi connectivity index (χ3n) is 4.01. The third kappa shape index (κ3) is 4.95. The molecule has 1 fully saturated rings. The first kappa shape index (κ1) is 17.2. The molecule has 0 radical (unpaired) electrons. The van der Waals surface area contributed by atoms with Crippen LogP contribution in [-0.2, 0) is 0 Å². The molecule has 0 saturated heterocycles. The van der Waals surface area contributed by atoms with Gasteiger partial charge in [0.2, 0.25) is 0 Å². The van der Waals surface area contributed by atoms with E-state index in [1.165, 1.54) is 18.6 Å². The van der Waals surface area contributed by atoms with Crippen LogP contribution in [0.3, 0.4) is 0 Å². The fraction of sp³-hybridized carbons (Fsp3) is 0.562. The summed E-state index contributed by atoms with van der Waals surface area (Å²) in [5, 5.41) is 12.8. The zero-order valence-electron chi connectivity index (χ0n) is 12.3. The van der Waals surface area contributed by atoms with Gasteiger partial charge in [-0.3, -0.25) is 4.79 Å². The summed E-state index contributed by atoms with van der Waals surface area (Å²) in [5.41, 5.74) is 0.226. The van der Waals surface area contributed by atoms with Gasteiger partial charge in [-0.1, -0.05) is 43.2 Å². The van der Waals surface area contributed by atoms with Gasteiger partial charge in [-0.15, -0.1) is 0 Å². The largest absolute Gasteiger partial charge is 0.391 e. The molecule has 0 aromatic heterocycles. The van der Waals surface area contributed by atoms with Crippen molar-refractivity contribution < 1.29 is 18.7 Å². The number of thioether (sulfide) groups is 1. The number of hydrogen-bond acceptors (Lipinski definition) is 3. The van der Waals surface area contributed by atoms with Crippen LogP contribution in [0.25, 0.3) is 0 Å². The number of carbonyl (C=O) groups excluding carboxylic acids is 1. The van der Waals surface area contributed by atoms with Crippen LogP contribution in [-0.4, -0.2) is 29.4 Å². The van der Waals surface area contributed by atoms with Crippen molar-refractivity contribution in [2.24, 2.45) is 5.92 Å². The predicted molar refractivity (Wildman–Crippen MR) is 83.2 cm³/mol. The summed E-state index contributed by atoms with van der Waals surface area (Å²) in [6.07, 6.45) is 4.82. The Hall–Kier alpha value is -1.14. The van der Waals surface area contributed by atoms with Gasteiger partial charge in [0.15, 0.2) is 0 Å². The molecule has 0 bridgehead atoms. The second kappa shape index (κ2) is 8.48. The van der Waals surface area contributed by atoms with E-state index >= 15 is 0 Å². The Bertz CT molecular complexity index is 493. The average molecular weight is 329 g/mol. The lowest BCUT2D eigenvalue weighted by molar-refractivity contribution is 0.0737. The Labute approximate surface area is 133 Å². The monoisotopic (exact) mass is 329 g/mol. The number of alkyl halides is 2. The quantitative estimate of drug-likeness (QED) is 0.783. The fourth-order valence-corrected chi connectivity index (χ4v) is 3.47. The van der Waals surface area contributed by atoms with Gasteiger partial charge in [-0.25, -0.2) is 0 Å². The first-order chi connectivity index (χ1) is 10.6. The molecule has 1 amide bonds. The van der Waals surface area contributed by atoms with E-state index in [1.807, 2.05) is 0 Å². The molecule has 3 nitrogen and oxygen atoms in total. The molecule has 1 atom stereocenters. The lowest BCUT2D eigenvalue weighted by atomic mass is 9.85. The van der Waals surface area contributed by atoms with E-state index in [9.17, 15) is 18.7 Å². The minimum Gasteiger partial charge on any atom is -0.391 e. The molecular formula is C16H21F2NO2S. The first-order valence-electron chi connectivity index (χ1n) is 7.58. The SMILES string of the molecule is O=C(NC[C@@H](O)C1CCCCC1)c1ccccc1SC(F)F. The molecule has 0 spiro atoms. The maximum atomic E-state index is 12.5. The van der Waals surface area contributed by atoms with Gasteiger partial charge in [0.05, 0.1) is 11.7 Å². The van der Waals surface area contributed by atoms with Gasteiger partial charge in [0.25, 0.3) is 11.7 Å². The van der Waals surface area contributed by atoms with Crippen molar-refractivity contribution in [1.29, 1.82) is 0 Å². The summed E-state index contributed by atoms with van der Waals surface area (Å²) in [4.78, 5) is 12.4. The number of carbonyl (C=O) groups is 1. The third-order valence-corrected chi connectivity index (χ3v) is 4.80. The highest BCUT2D eigenvalue weighted by molar-refractivity contribution is 7.99. The van der Waals surface area contributed by atoms with E-state index in [1.54, 1.807) is 12.1 Å². The van der Waals surface area contributed by atoms with Gasteiger partial charge in [0.1, 0.15) is 0 Å². The number of benzene rings is 1. The van der Waals surface area contributed by atoms with E-state index in [0.717, 1.165) is 25.7 Å². The lowest BCUT2D eigenvalue weighted by Crippen LogP contribution is -2.37. The molecule has 2 N–H and O–H groups in total. The molecular weight excluding hydrogens is 308 g/mol. The molecule has 1 saturated carbocycles. The van der Waals surface area contributed by atoms with Crippen molar-refractivity contribution in [2.45, 2.75) is 48.9 Å². The molecule has 1 aliphatic carbocycles. The molecule has 22 heavy (non-hydrogen) atoms. The zero-order chi connectivity index (χ0) is 15.9. The van der Waals surface area contributed by atoms with Crippen LogP contribution in [0.15, 0.2) is 29.2 Å². The summed E-state index contributed by atoms with van der Waals surface area (Å²) in [5.74, 6) is -2.76. The highest BCUT2D eigenvalue weighted by atomic mass is 32.2. The summed E-state index contributed by atoms with van der Waals surface area (Å²) < 4.78 is 25.0. The van der Waals surface area contributed by atoms with Gasteiger partial charge in [-0.2, -0.15) is 8.78 Å². The number of rotatable bonds is 6. The molecule has 2 rings (SSSR count). The van der Waals surface area contributed by atoms with Crippen molar-refractivity contribution >= 4 is 17.7 Å². The van der Waals surface area contributed by atoms with Crippen LogP contribution in [0.5, 0.6) is 0 Å². The van der Waals surface area contributed by atoms with Crippen LogP contribution in [0.4, 0.5) is 8.78 Å². The number of nitrogens with one attached hydrogen (secondary N) is 1. The summed E-state index contributed by atoms with van der Waals surface area (Å²) in [7, 11) is 0. The van der Waals surface area contributed by atoms with Gasteiger partial charge in [0, 0.05) is 11.4 Å². The van der Waals surface area contributed by atoms with Gasteiger partial charge >= 0.3 is 0 Å². The Balaban J connectivity index is 1.91. The summed E-state index contributed by atoms with van der Waals surface area (Å²) >= 11 is 0.359. The highest BCUT2D eigenvalue weighted by Crippen LogP contribution is 2.29. The minimum atomic E-state index is -2.57. The summed E-state index contributed by atoms with van der Waals surface area (Å²) in [6.45, 7) is 0.164. The van der Waals surface area contributed by atoms with Gasteiger partial charge in [-0.05, 0) is 30.9 Å². The van der Waals surface area contributed by atoms with Crippen molar-refractivity contribution in [3.63, 3.8) is 0 Å². The predicted octanol–water partition coefficient (Wildman–Crippen LogP) is 3.67. The van der Waals surface area contributed by atoms with Crippen molar-refractivity contribution in [1.82, 2.24) is 5.32 Å². The molecule has 1 aliphatic rings. The van der Waals surface area contributed by atoms with Crippen molar-refractivity contribution in [3.8, 4) is 0 Å². The maximum Gasteiger partial charge on any atom is 0.288 e. The van der Waals surface area contributed by atoms with Crippen LogP contribution in [0, 0.1) is 5.92 Å². The van der Waals surface area contributed by atoms with Crippen molar-refractivity contribution in [2.75, 3.05) is 6.54 Å². The fourth-order valence-electron chi connectivity index (χ4n) is 2.83. The smallest absolute Gasteiger partial charge is 0.288 e. The normalized spacial score (nSPS) is 17.5. The Morgan fingerprint density at radius 2 is 1.95 bits per heavy atom. The number of aliphatic hydroxyl groups excluding tert-OH is 1. The molecule has 0 heterocycles. The highest BCUT2D eigenvalue weighted by Gasteiger charge is 2.23. The second-order valence-electron chi connectivity index (χ2n) is 5.55. The van der Waals surface area contributed by atoms with E-state index in [2.05, 4.69) is 5.32 Å². The summed E-state index contributed by atoms with van der Waals surface area (Å²) in [6, 6.07) is 6.29. The maximum absolute atomic E-state index is 12.5. The van der Waals surface area contributed by atoms with Crippen LogP contribution in [0.1, 0.15) is 42.5 Å². The van der Waals surface area contributed by atoms with E-state index < -0.39 is 17.8 Å². The molecule has 0 unspecified atom stereocenters. The van der Waals surface area contributed by atoms with Crippen LogP contribution in [0.2, 0.25) is 0 Å². The minimum absolute atomic E-state index is 0.164. The Morgan fingerprint density at radius 1 is 1.27 bits per heavy atom. The standard InChI is InChI=1S/C16H21F2NO2S/c17-16(18)22-14-9-5-4-8-12(14)15(21)19-10-13(20)11-6-2-1-3-7-11/h4-5,8-9,11,13,16,20H,1-3,6-7,10H2,(H,19,21)/t13-/m1/s1.